The summed E-state index contributed by atoms with van der Waals surface area (Å²) >= 11 is 0. The Morgan fingerprint density at radius 1 is 1.29 bits per heavy atom. The van der Waals surface area contributed by atoms with Gasteiger partial charge in [-0.25, -0.2) is 13.1 Å². The van der Waals surface area contributed by atoms with Crippen molar-refractivity contribution in [2.24, 2.45) is 5.41 Å². The maximum Gasteiger partial charge on any atom is 0.244 e. The lowest BCUT2D eigenvalue weighted by Gasteiger charge is -2.22. The second kappa shape index (κ2) is 7.42. The van der Waals surface area contributed by atoms with Crippen LogP contribution in [0.1, 0.15) is 52.1 Å². The minimum absolute atomic E-state index is 0.0593. The molecule has 5 nitrogen and oxygen atoms in total. The molecule has 0 amide bonds. The average molecular weight is 316 g/mol. The maximum absolute atomic E-state index is 12.4. The van der Waals surface area contributed by atoms with E-state index in [9.17, 15) is 8.42 Å². The summed E-state index contributed by atoms with van der Waals surface area (Å²) in [7, 11) is -3.52. The van der Waals surface area contributed by atoms with Crippen LogP contribution in [0.2, 0.25) is 0 Å². The lowest BCUT2D eigenvalue weighted by atomic mass is 9.91. The zero-order chi connectivity index (χ0) is 16.1. The van der Waals surface area contributed by atoms with E-state index in [4.69, 9.17) is 4.42 Å². The van der Waals surface area contributed by atoms with Crippen molar-refractivity contribution in [1.29, 1.82) is 0 Å². The van der Waals surface area contributed by atoms with Gasteiger partial charge in [-0.3, -0.25) is 0 Å². The normalized spacial score (nSPS) is 12.8. The van der Waals surface area contributed by atoms with Gasteiger partial charge in [0.05, 0.1) is 6.54 Å². The minimum atomic E-state index is -3.52. The van der Waals surface area contributed by atoms with Crippen molar-refractivity contribution in [3.05, 3.63) is 17.6 Å². The molecular formula is C15H28N2O3S. The molecule has 0 atom stereocenters. The van der Waals surface area contributed by atoms with Gasteiger partial charge in [-0.05, 0) is 31.7 Å². The highest BCUT2D eigenvalue weighted by Gasteiger charge is 2.24. The average Bonchev–Trinajstić information content (AvgIpc) is 2.79. The van der Waals surface area contributed by atoms with Gasteiger partial charge in [0, 0.05) is 12.6 Å². The van der Waals surface area contributed by atoms with Crippen LogP contribution in [0.4, 0.5) is 0 Å². The number of aryl methyl sites for hydroxylation is 1. The molecule has 0 unspecified atom stereocenters. The number of sulfonamides is 1. The van der Waals surface area contributed by atoms with Crippen LogP contribution < -0.4 is 10.0 Å². The number of furan rings is 1. The van der Waals surface area contributed by atoms with Crippen molar-refractivity contribution < 1.29 is 12.8 Å². The highest BCUT2D eigenvalue weighted by Crippen LogP contribution is 2.22. The van der Waals surface area contributed by atoms with Crippen LogP contribution >= 0.6 is 0 Å². The number of rotatable bonds is 9. The second-order valence-electron chi connectivity index (χ2n) is 6.15. The summed E-state index contributed by atoms with van der Waals surface area (Å²) in [6.07, 6.45) is 1.94. The molecular weight excluding hydrogens is 288 g/mol. The first kappa shape index (κ1) is 18.2. The molecule has 0 aliphatic rings. The van der Waals surface area contributed by atoms with E-state index in [-0.39, 0.29) is 10.3 Å². The fraction of sp³-hybridized carbons (Fsp3) is 0.733. The zero-order valence-corrected chi connectivity index (χ0v) is 14.6. The molecule has 21 heavy (non-hydrogen) atoms. The van der Waals surface area contributed by atoms with Crippen molar-refractivity contribution >= 4 is 10.0 Å². The molecule has 0 radical (unpaired) electrons. The lowest BCUT2D eigenvalue weighted by Crippen LogP contribution is -2.33. The Morgan fingerprint density at radius 2 is 1.95 bits per heavy atom. The summed E-state index contributed by atoms with van der Waals surface area (Å²) in [6, 6.07) is 1.61. The fourth-order valence-corrected chi connectivity index (χ4v) is 3.20. The van der Waals surface area contributed by atoms with E-state index in [1.807, 2.05) is 13.8 Å². The van der Waals surface area contributed by atoms with Crippen LogP contribution in [-0.4, -0.2) is 21.5 Å². The van der Waals surface area contributed by atoms with Gasteiger partial charge >= 0.3 is 0 Å². The topological polar surface area (TPSA) is 71.3 Å². The zero-order valence-electron chi connectivity index (χ0n) is 13.7. The molecule has 1 aromatic heterocycles. The van der Waals surface area contributed by atoms with Crippen molar-refractivity contribution in [3.8, 4) is 0 Å². The molecule has 0 fully saturated rings. The molecule has 1 rings (SSSR count). The molecule has 0 saturated heterocycles. The molecule has 0 saturated carbocycles. The molecule has 122 valence electrons. The molecule has 1 heterocycles. The van der Waals surface area contributed by atoms with Gasteiger partial charge in [0.15, 0.2) is 0 Å². The molecule has 2 N–H and O–H groups in total. The van der Waals surface area contributed by atoms with Gasteiger partial charge in [0.1, 0.15) is 16.4 Å². The van der Waals surface area contributed by atoms with E-state index in [2.05, 4.69) is 23.9 Å². The second-order valence-corrected chi connectivity index (χ2v) is 7.89. The van der Waals surface area contributed by atoms with Gasteiger partial charge < -0.3 is 9.73 Å². The van der Waals surface area contributed by atoms with E-state index in [0.717, 1.165) is 19.4 Å². The van der Waals surface area contributed by atoms with Crippen LogP contribution in [0.25, 0.3) is 0 Å². The van der Waals surface area contributed by atoms with Crippen LogP contribution in [0.3, 0.4) is 0 Å². The Balaban J connectivity index is 2.79. The van der Waals surface area contributed by atoms with Gasteiger partial charge in [0.25, 0.3) is 0 Å². The standard InChI is InChI=1S/C15H28N2O3S/c1-6-8-16-10-13-9-14(12(3)20-13)21(18,19)17-11-15(4,5)7-2/h9,16-17H,6-8,10-11H2,1-5H3. The van der Waals surface area contributed by atoms with Crippen LogP contribution in [0, 0.1) is 12.3 Å². The maximum atomic E-state index is 12.4. The van der Waals surface area contributed by atoms with Crippen LogP contribution in [0.15, 0.2) is 15.4 Å². The first-order chi connectivity index (χ1) is 9.72. The Morgan fingerprint density at radius 3 is 2.52 bits per heavy atom. The van der Waals surface area contributed by atoms with Crippen molar-refractivity contribution in [2.45, 2.75) is 58.9 Å². The quantitative estimate of drug-likeness (QED) is 0.687. The molecule has 1 aromatic rings. The van der Waals surface area contributed by atoms with E-state index >= 15 is 0 Å². The summed E-state index contributed by atoms with van der Waals surface area (Å²) in [5, 5.41) is 3.20. The third kappa shape index (κ3) is 5.45. The van der Waals surface area contributed by atoms with E-state index in [1.54, 1.807) is 13.0 Å². The van der Waals surface area contributed by atoms with Gasteiger partial charge in [-0.1, -0.05) is 27.7 Å². The Bertz CT molecular complexity index is 547. The number of hydrogen-bond acceptors (Lipinski definition) is 4. The summed E-state index contributed by atoms with van der Waals surface area (Å²) in [6.45, 7) is 11.7. The van der Waals surface area contributed by atoms with E-state index in [0.29, 0.717) is 24.6 Å². The predicted octanol–water partition coefficient (Wildman–Crippen LogP) is 2.80. The van der Waals surface area contributed by atoms with Gasteiger partial charge in [-0.15, -0.1) is 0 Å². The number of nitrogens with one attached hydrogen (secondary N) is 2. The summed E-state index contributed by atoms with van der Waals surface area (Å²) < 4.78 is 32.9. The monoisotopic (exact) mass is 316 g/mol. The third-order valence-electron chi connectivity index (χ3n) is 3.64. The smallest absolute Gasteiger partial charge is 0.244 e. The lowest BCUT2D eigenvalue weighted by molar-refractivity contribution is 0.350. The summed E-state index contributed by atoms with van der Waals surface area (Å²) in [5.74, 6) is 1.08. The largest absolute Gasteiger partial charge is 0.464 e. The van der Waals surface area contributed by atoms with Crippen molar-refractivity contribution in [2.75, 3.05) is 13.1 Å². The molecule has 0 bridgehead atoms. The first-order valence-corrected chi connectivity index (χ1v) is 9.00. The first-order valence-electron chi connectivity index (χ1n) is 7.51. The van der Waals surface area contributed by atoms with Gasteiger partial charge in [-0.2, -0.15) is 0 Å². The molecule has 0 spiro atoms. The summed E-state index contributed by atoms with van der Waals surface area (Å²) in [4.78, 5) is 0.239. The van der Waals surface area contributed by atoms with Crippen molar-refractivity contribution in [3.63, 3.8) is 0 Å². The van der Waals surface area contributed by atoms with Crippen molar-refractivity contribution in [1.82, 2.24) is 10.0 Å². The highest BCUT2D eigenvalue weighted by atomic mass is 32.2. The minimum Gasteiger partial charge on any atom is -0.464 e. The molecule has 0 aliphatic carbocycles. The van der Waals surface area contributed by atoms with Gasteiger partial charge in [0.2, 0.25) is 10.0 Å². The third-order valence-corrected chi connectivity index (χ3v) is 5.15. The summed E-state index contributed by atoms with van der Waals surface area (Å²) in [5.41, 5.74) is -0.0593. The number of hydrogen-bond donors (Lipinski definition) is 2. The Labute approximate surface area is 128 Å². The predicted molar refractivity (Wildman–Crippen MR) is 84.7 cm³/mol. The molecule has 0 aromatic carbocycles. The van der Waals surface area contributed by atoms with E-state index < -0.39 is 10.0 Å². The Kier molecular flexibility index (Phi) is 6.43. The van der Waals surface area contributed by atoms with E-state index in [1.165, 1.54) is 0 Å². The molecule has 6 heteroatoms. The Hall–Kier alpha value is -0.850. The van der Waals surface area contributed by atoms with Crippen LogP contribution in [-0.2, 0) is 16.6 Å². The molecule has 0 aliphatic heterocycles. The fourth-order valence-electron chi connectivity index (χ4n) is 1.76. The highest BCUT2D eigenvalue weighted by molar-refractivity contribution is 7.89. The van der Waals surface area contributed by atoms with Crippen LogP contribution in [0.5, 0.6) is 0 Å². The SMILES string of the molecule is CCCNCc1cc(S(=O)(=O)NCC(C)(C)CC)c(C)o1.